The van der Waals surface area contributed by atoms with Gasteiger partial charge in [-0.2, -0.15) is 0 Å². The monoisotopic (exact) mass is 415 g/mol. The third-order valence-electron chi connectivity index (χ3n) is 4.70. The van der Waals surface area contributed by atoms with E-state index in [-0.39, 0.29) is 0 Å². The van der Waals surface area contributed by atoms with Gasteiger partial charge in [-0.15, -0.1) is 0 Å². The number of aldehydes is 1. The lowest BCUT2D eigenvalue weighted by Crippen LogP contribution is -2.04. The molecule has 160 valence electrons. The molecule has 31 heavy (non-hydrogen) atoms. The predicted octanol–water partition coefficient (Wildman–Crippen LogP) is 4.87. The van der Waals surface area contributed by atoms with Crippen molar-refractivity contribution in [3.63, 3.8) is 0 Å². The molecule has 3 N–H and O–H groups in total. The first-order chi connectivity index (χ1) is 15.2. The van der Waals surface area contributed by atoms with Crippen molar-refractivity contribution in [2.75, 3.05) is 30.8 Å². The van der Waals surface area contributed by atoms with Gasteiger partial charge < -0.3 is 16.0 Å². The summed E-state index contributed by atoms with van der Waals surface area (Å²) >= 11 is 0. The van der Waals surface area contributed by atoms with Crippen LogP contribution < -0.4 is 16.0 Å². The van der Waals surface area contributed by atoms with Gasteiger partial charge in [-0.1, -0.05) is 6.07 Å². The molecule has 0 saturated heterocycles. The number of carbonyl (C=O) groups is 1. The molecule has 2 aromatic carbocycles. The van der Waals surface area contributed by atoms with E-state index < -0.39 is 0 Å². The van der Waals surface area contributed by atoms with Crippen LogP contribution in [0.2, 0.25) is 0 Å². The number of fused-ring (bicyclic) bond motifs is 2. The molecule has 6 heteroatoms. The quantitative estimate of drug-likeness (QED) is 0.374. The minimum absolute atomic E-state index is 0.681. The maximum atomic E-state index is 10.6. The minimum Gasteiger partial charge on any atom is -0.370 e. The molecule has 0 bridgehead atoms. The van der Waals surface area contributed by atoms with Gasteiger partial charge >= 0.3 is 0 Å². The average molecular weight is 416 g/mol. The Hall–Kier alpha value is -3.51. The second-order valence-corrected chi connectivity index (χ2v) is 7.08. The average Bonchev–Trinajstić information content (AvgIpc) is 2.80. The first-order valence-corrected chi connectivity index (χ1v) is 10.5. The Morgan fingerprint density at radius 2 is 1.35 bits per heavy atom. The van der Waals surface area contributed by atoms with Gasteiger partial charge in [0.2, 0.25) is 0 Å². The second kappa shape index (κ2) is 11.0. The molecule has 6 nitrogen and oxygen atoms in total. The van der Waals surface area contributed by atoms with Gasteiger partial charge in [0, 0.05) is 36.0 Å². The van der Waals surface area contributed by atoms with Gasteiger partial charge in [0.1, 0.15) is 17.9 Å². The van der Waals surface area contributed by atoms with Crippen LogP contribution in [0, 0.1) is 0 Å². The normalized spacial score (nSPS) is 10.4. The molecule has 0 aliphatic rings. The molecule has 0 aliphatic carbocycles. The molecule has 0 spiro atoms. The number of hydrogen-bond acceptors (Lipinski definition) is 6. The summed E-state index contributed by atoms with van der Waals surface area (Å²) < 4.78 is 0. The number of nitrogens with zero attached hydrogens (tertiary/aromatic N) is 2. The van der Waals surface area contributed by atoms with Gasteiger partial charge in [0.05, 0.1) is 11.0 Å². The fourth-order valence-corrected chi connectivity index (χ4v) is 3.27. The van der Waals surface area contributed by atoms with E-state index in [0.717, 1.165) is 54.0 Å². The summed E-state index contributed by atoms with van der Waals surface area (Å²) in [6, 6.07) is 19.9. The molecule has 0 aliphatic heterocycles. The van der Waals surface area contributed by atoms with E-state index >= 15 is 0 Å². The van der Waals surface area contributed by atoms with Crippen LogP contribution in [-0.2, 0) is 6.54 Å². The van der Waals surface area contributed by atoms with Crippen molar-refractivity contribution in [1.82, 2.24) is 15.3 Å². The summed E-state index contributed by atoms with van der Waals surface area (Å²) in [5.41, 5.74) is 3.91. The van der Waals surface area contributed by atoms with Crippen molar-refractivity contribution < 1.29 is 4.79 Å². The summed E-state index contributed by atoms with van der Waals surface area (Å²) in [5, 5.41) is 11.7. The second-order valence-electron chi connectivity index (χ2n) is 7.08. The van der Waals surface area contributed by atoms with Crippen molar-refractivity contribution >= 4 is 39.7 Å². The highest BCUT2D eigenvalue weighted by Crippen LogP contribution is 2.17. The van der Waals surface area contributed by atoms with Gasteiger partial charge in [-0.3, -0.25) is 4.79 Å². The summed E-state index contributed by atoms with van der Waals surface area (Å²) in [7, 11) is 1.96. The van der Waals surface area contributed by atoms with Crippen molar-refractivity contribution in [3.8, 4) is 0 Å². The zero-order valence-electron chi connectivity index (χ0n) is 18.3. The molecule has 4 rings (SSSR count). The molecular weight excluding hydrogens is 386 g/mol. The molecule has 0 saturated carbocycles. The molecule has 0 atom stereocenters. The van der Waals surface area contributed by atoms with Crippen LogP contribution in [0.5, 0.6) is 0 Å². The summed E-state index contributed by atoms with van der Waals surface area (Å²) in [6.07, 6.45) is 0.845. The summed E-state index contributed by atoms with van der Waals surface area (Å²) in [6.45, 7) is 6.75. The number of carbonyl (C=O) groups excluding carboxylic acids is 1. The molecular formula is C25H29N5O. The van der Waals surface area contributed by atoms with E-state index in [1.54, 1.807) is 6.07 Å². The maximum absolute atomic E-state index is 10.6. The third-order valence-corrected chi connectivity index (χ3v) is 4.70. The molecule has 0 amide bonds. The third kappa shape index (κ3) is 5.99. The van der Waals surface area contributed by atoms with Gasteiger partial charge in [-0.05, 0) is 81.1 Å². The van der Waals surface area contributed by atoms with Gasteiger partial charge in [0.25, 0.3) is 0 Å². The Kier molecular flexibility index (Phi) is 7.90. The van der Waals surface area contributed by atoms with Crippen molar-refractivity contribution in [1.29, 1.82) is 0 Å². The van der Waals surface area contributed by atoms with E-state index in [1.165, 1.54) is 10.9 Å². The fraction of sp³-hybridized carbons (Fsp3) is 0.240. The zero-order chi connectivity index (χ0) is 22.1. The number of aromatic nitrogens is 2. The van der Waals surface area contributed by atoms with Crippen LogP contribution >= 0.6 is 0 Å². The highest BCUT2D eigenvalue weighted by molar-refractivity contribution is 5.87. The van der Waals surface area contributed by atoms with E-state index in [0.29, 0.717) is 5.56 Å². The summed E-state index contributed by atoms with van der Waals surface area (Å²) in [4.78, 5) is 19.5. The van der Waals surface area contributed by atoms with Crippen molar-refractivity contribution in [2.24, 2.45) is 0 Å². The number of pyridine rings is 2. The lowest BCUT2D eigenvalue weighted by molar-refractivity contribution is 0.112. The Bertz CT molecular complexity index is 1110. The van der Waals surface area contributed by atoms with Crippen LogP contribution in [-0.4, -0.2) is 36.4 Å². The molecule has 2 heterocycles. The Balaban J connectivity index is 0.000000176. The lowest BCUT2D eigenvalue weighted by Gasteiger charge is -2.05. The largest absolute Gasteiger partial charge is 0.370 e. The smallest absolute Gasteiger partial charge is 0.150 e. The Morgan fingerprint density at radius 3 is 1.90 bits per heavy atom. The predicted molar refractivity (Wildman–Crippen MR) is 130 cm³/mol. The topological polar surface area (TPSA) is 78.9 Å². The van der Waals surface area contributed by atoms with E-state index in [2.05, 4.69) is 57.1 Å². The van der Waals surface area contributed by atoms with Crippen LogP contribution in [0.3, 0.4) is 0 Å². The molecule has 4 aromatic rings. The first kappa shape index (κ1) is 22.2. The highest BCUT2D eigenvalue weighted by Gasteiger charge is 2.00. The number of anilines is 2. The Labute approximate surface area is 183 Å². The van der Waals surface area contributed by atoms with Gasteiger partial charge in [-0.25, -0.2) is 9.97 Å². The summed E-state index contributed by atoms with van der Waals surface area (Å²) in [5.74, 6) is 1.81. The SMILES string of the molecule is CCNc1ccc2cc(C=O)ccc2n1.CCNc1ccc2cc(CNC)ccc2n1. The first-order valence-electron chi connectivity index (χ1n) is 10.5. The van der Waals surface area contributed by atoms with Crippen LogP contribution in [0.4, 0.5) is 11.6 Å². The van der Waals surface area contributed by atoms with E-state index in [4.69, 9.17) is 0 Å². The standard InChI is InChI=1S/C13H17N3.C12H12N2O/c1-3-15-13-7-5-11-8-10(9-14-2)4-6-12(11)16-13;1-2-13-12-6-4-10-7-9(8-15)3-5-11(10)14-12/h4-8,14H,3,9H2,1-2H3,(H,15,16);3-8H,2H2,1H3,(H,13,14). The number of benzene rings is 2. The van der Waals surface area contributed by atoms with Crippen LogP contribution in [0.25, 0.3) is 21.8 Å². The highest BCUT2D eigenvalue weighted by atomic mass is 16.1. The van der Waals surface area contributed by atoms with E-state index in [9.17, 15) is 4.79 Å². The molecule has 2 aromatic heterocycles. The van der Waals surface area contributed by atoms with E-state index in [1.807, 2.05) is 44.3 Å². The maximum Gasteiger partial charge on any atom is 0.150 e. The Morgan fingerprint density at radius 1 is 0.774 bits per heavy atom. The van der Waals surface area contributed by atoms with Crippen LogP contribution in [0.15, 0.2) is 60.7 Å². The fourth-order valence-electron chi connectivity index (χ4n) is 3.27. The zero-order valence-corrected chi connectivity index (χ0v) is 18.3. The van der Waals surface area contributed by atoms with Gasteiger partial charge in [0.15, 0.2) is 0 Å². The molecule has 0 fully saturated rings. The number of hydrogen-bond donors (Lipinski definition) is 3. The van der Waals surface area contributed by atoms with Crippen LogP contribution in [0.1, 0.15) is 29.8 Å². The van der Waals surface area contributed by atoms with Crippen molar-refractivity contribution in [2.45, 2.75) is 20.4 Å². The lowest BCUT2D eigenvalue weighted by atomic mass is 10.1. The molecule has 0 radical (unpaired) electrons. The molecule has 0 unspecified atom stereocenters. The number of rotatable bonds is 7. The number of nitrogens with one attached hydrogen (secondary N) is 3. The van der Waals surface area contributed by atoms with Crippen molar-refractivity contribution in [3.05, 3.63) is 71.8 Å². The minimum atomic E-state index is 0.681.